The van der Waals surface area contributed by atoms with Gasteiger partial charge in [0.05, 0.1) is 13.2 Å². The summed E-state index contributed by atoms with van der Waals surface area (Å²) in [6.45, 7) is 0.639. The van der Waals surface area contributed by atoms with Gasteiger partial charge in [-0.25, -0.2) is 4.79 Å². The Bertz CT molecular complexity index is 761. The van der Waals surface area contributed by atoms with Crippen molar-refractivity contribution in [2.24, 2.45) is 0 Å². The highest BCUT2D eigenvalue weighted by atomic mass is 35.5. The Morgan fingerprint density at radius 3 is 2.80 bits per heavy atom. The molecule has 1 amide bonds. The third-order valence-electron chi connectivity index (χ3n) is 3.82. The zero-order chi connectivity index (χ0) is 17.8. The molecule has 1 aromatic heterocycles. The van der Waals surface area contributed by atoms with E-state index in [1.54, 1.807) is 24.3 Å². The Hall–Kier alpha value is -2.45. The molecule has 1 aromatic carbocycles. The highest BCUT2D eigenvalue weighted by Crippen LogP contribution is 2.19. The van der Waals surface area contributed by atoms with Gasteiger partial charge in [0.1, 0.15) is 0 Å². The summed E-state index contributed by atoms with van der Waals surface area (Å²) < 4.78 is 10.3. The lowest BCUT2D eigenvalue weighted by atomic mass is 10.2. The van der Waals surface area contributed by atoms with E-state index in [2.05, 4.69) is 10.1 Å². The first-order chi connectivity index (χ1) is 12.0. The molecule has 1 aliphatic rings. The van der Waals surface area contributed by atoms with E-state index in [1.165, 1.54) is 4.90 Å². The Kier molecular flexibility index (Phi) is 5.30. The molecule has 1 N–H and O–H groups in total. The van der Waals surface area contributed by atoms with Crippen LogP contribution in [0.2, 0.25) is 5.02 Å². The number of aryl methyl sites for hydroxylation is 1. The predicted molar refractivity (Wildman–Crippen MR) is 87.0 cm³/mol. The molecule has 8 nitrogen and oxygen atoms in total. The van der Waals surface area contributed by atoms with Gasteiger partial charge in [0, 0.05) is 30.0 Å². The summed E-state index contributed by atoms with van der Waals surface area (Å²) in [5.41, 5.74) is 0.767. The number of aliphatic carboxylic acids is 1. The van der Waals surface area contributed by atoms with Gasteiger partial charge in [-0.2, -0.15) is 4.98 Å². The van der Waals surface area contributed by atoms with Crippen LogP contribution < -0.4 is 0 Å². The van der Waals surface area contributed by atoms with Crippen LogP contribution in [0.3, 0.4) is 0 Å². The zero-order valence-electron chi connectivity index (χ0n) is 13.2. The summed E-state index contributed by atoms with van der Waals surface area (Å²) in [6.07, 6.45) is -0.527. The van der Waals surface area contributed by atoms with Gasteiger partial charge in [0.15, 0.2) is 6.10 Å². The van der Waals surface area contributed by atoms with Crippen molar-refractivity contribution in [2.45, 2.75) is 18.9 Å². The second-order valence-corrected chi connectivity index (χ2v) is 5.99. The minimum atomic E-state index is -1.07. The molecule has 1 fully saturated rings. The van der Waals surface area contributed by atoms with Crippen molar-refractivity contribution < 1.29 is 24.0 Å². The zero-order valence-corrected chi connectivity index (χ0v) is 14.0. The summed E-state index contributed by atoms with van der Waals surface area (Å²) in [7, 11) is 0. The fourth-order valence-corrected chi connectivity index (χ4v) is 2.60. The van der Waals surface area contributed by atoms with Crippen molar-refractivity contribution >= 4 is 23.5 Å². The van der Waals surface area contributed by atoms with Crippen molar-refractivity contribution in [1.82, 2.24) is 15.0 Å². The average Bonchev–Trinajstić information content (AvgIpc) is 3.09. The van der Waals surface area contributed by atoms with Crippen LogP contribution in [0.1, 0.15) is 12.3 Å². The predicted octanol–water partition coefficient (Wildman–Crippen LogP) is 1.63. The van der Waals surface area contributed by atoms with Gasteiger partial charge >= 0.3 is 5.97 Å². The molecule has 0 radical (unpaired) electrons. The molecule has 3 rings (SSSR count). The molecule has 2 aromatic rings. The third kappa shape index (κ3) is 4.34. The lowest BCUT2D eigenvalue weighted by molar-refractivity contribution is -0.159. The highest BCUT2D eigenvalue weighted by Gasteiger charge is 2.28. The van der Waals surface area contributed by atoms with Gasteiger partial charge < -0.3 is 19.3 Å². The number of rotatable bonds is 5. The van der Waals surface area contributed by atoms with Crippen LogP contribution in [-0.4, -0.2) is 57.8 Å². The number of carbonyl (C=O) groups excluding carboxylic acids is 1. The molecule has 25 heavy (non-hydrogen) atoms. The molecule has 1 atom stereocenters. The van der Waals surface area contributed by atoms with Crippen LogP contribution in [0, 0.1) is 0 Å². The molecule has 0 bridgehead atoms. The number of nitrogens with zero attached hydrogens (tertiary/aromatic N) is 3. The van der Waals surface area contributed by atoms with Gasteiger partial charge in [-0.1, -0.05) is 16.8 Å². The summed E-state index contributed by atoms with van der Waals surface area (Å²) in [6, 6.07) is 7.02. The number of hydrogen-bond acceptors (Lipinski definition) is 6. The van der Waals surface area contributed by atoms with Crippen LogP contribution in [0.4, 0.5) is 0 Å². The first-order valence-electron chi connectivity index (χ1n) is 7.73. The lowest BCUT2D eigenvalue weighted by Crippen LogP contribution is -2.48. The van der Waals surface area contributed by atoms with Crippen LogP contribution >= 0.6 is 11.6 Å². The monoisotopic (exact) mass is 365 g/mol. The minimum Gasteiger partial charge on any atom is -0.479 e. The molecule has 0 saturated carbocycles. The molecular weight excluding hydrogens is 350 g/mol. The Morgan fingerprint density at radius 1 is 1.32 bits per heavy atom. The fraction of sp³-hybridized carbons (Fsp3) is 0.375. The van der Waals surface area contributed by atoms with Crippen molar-refractivity contribution in [3.63, 3.8) is 0 Å². The van der Waals surface area contributed by atoms with E-state index in [9.17, 15) is 9.59 Å². The number of aromatic nitrogens is 2. The summed E-state index contributed by atoms with van der Waals surface area (Å²) in [5.74, 6) is -0.458. The number of ether oxygens (including phenoxy) is 1. The van der Waals surface area contributed by atoms with Gasteiger partial charge in [0.25, 0.3) is 0 Å². The van der Waals surface area contributed by atoms with E-state index < -0.39 is 12.1 Å². The molecule has 2 heterocycles. The van der Waals surface area contributed by atoms with E-state index in [-0.39, 0.29) is 31.9 Å². The first-order valence-corrected chi connectivity index (χ1v) is 8.11. The fourth-order valence-electron chi connectivity index (χ4n) is 2.47. The quantitative estimate of drug-likeness (QED) is 0.858. The third-order valence-corrected chi connectivity index (χ3v) is 4.07. The Morgan fingerprint density at radius 2 is 2.08 bits per heavy atom. The normalized spacial score (nSPS) is 17.5. The molecule has 0 spiro atoms. The van der Waals surface area contributed by atoms with Crippen LogP contribution in [0.15, 0.2) is 28.8 Å². The maximum absolute atomic E-state index is 12.2. The van der Waals surface area contributed by atoms with E-state index in [0.29, 0.717) is 23.3 Å². The van der Waals surface area contributed by atoms with Crippen molar-refractivity contribution in [3.8, 4) is 11.4 Å². The summed E-state index contributed by atoms with van der Waals surface area (Å²) >= 11 is 5.84. The highest BCUT2D eigenvalue weighted by molar-refractivity contribution is 6.30. The molecule has 9 heteroatoms. The minimum absolute atomic E-state index is 0.0496. The number of carbonyl (C=O) groups is 2. The van der Waals surface area contributed by atoms with Crippen LogP contribution in [0.5, 0.6) is 0 Å². The maximum Gasteiger partial charge on any atom is 0.334 e. The molecule has 132 valence electrons. The van der Waals surface area contributed by atoms with Crippen molar-refractivity contribution in [1.29, 1.82) is 0 Å². The second-order valence-electron chi connectivity index (χ2n) is 5.56. The van der Waals surface area contributed by atoms with Crippen molar-refractivity contribution in [2.75, 3.05) is 19.7 Å². The van der Waals surface area contributed by atoms with Gasteiger partial charge in [-0.3, -0.25) is 4.79 Å². The number of carboxylic acid groups (broad SMARTS) is 1. The Balaban J connectivity index is 1.56. The first kappa shape index (κ1) is 17.4. The number of benzene rings is 1. The van der Waals surface area contributed by atoms with Crippen molar-refractivity contribution in [3.05, 3.63) is 35.2 Å². The smallest absolute Gasteiger partial charge is 0.334 e. The molecule has 0 aliphatic carbocycles. The SMILES string of the molecule is O=C(O)[C@@H]1CN(C(=O)CCc2nc(-c3ccc(Cl)cc3)no2)CCO1. The number of carboxylic acids is 1. The number of morpholine rings is 1. The average molecular weight is 366 g/mol. The Labute approximate surface area is 148 Å². The molecular formula is C16H16ClN3O5. The van der Waals surface area contributed by atoms with E-state index in [0.717, 1.165) is 5.56 Å². The number of halogens is 1. The topological polar surface area (TPSA) is 106 Å². The van der Waals surface area contributed by atoms with Gasteiger partial charge in [-0.05, 0) is 24.3 Å². The van der Waals surface area contributed by atoms with Gasteiger partial charge in [0.2, 0.25) is 17.6 Å². The van der Waals surface area contributed by atoms with Crippen LogP contribution in [0.25, 0.3) is 11.4 Å². The van der Waals surface area contributed by atoms with E-state index in [4.69, 9.17) is 26.0 Å². The summed E-state index contributed by atoms with van der Waals surface area (Å²) in [4.78, 5) is 28.9. The number of hydrogen-bond donors (Lipinski definition) is 1. The molecule has 1 saturated heterocycles. The summed E-state index contributed by atoms with van der Waals surface area (Å²) in [5, 5.41) is 13.5. The maximum atomic E-state index is 12.2. The van der Waals surface area contributed by atoms with E-state index in [1.807, 2.05) is 0 Å². The number of amides is 1. The largest absolute Gasteiger partial charge is 0.479 e. The second kappa shape index (κ2) is 7.62. The van der Waals surface area contributed by atoms with Crippen LogP contribution in [-0.2, 0) is 20.7 Å². The standard InChI is InChI=1S/C16H16ClN3O5/c17-11-3-1-10(2-4-11)15-18-13(25-19-15)5-6-14(21)20-7-8-24-12(9-20)16(22)23/h1-4,12H,5-9H2,(H,22,23)/t12-/m0/s1. The molecule has 0 unspecified atom stereocenters. The van der Waals surface area contributed by atoms with E-state index >= 15 is 0 Å². The molecule has 1 aliphatic heterocycles. The lowest BCUT2D eigenvalue weighted by Gasteiger charge is -2.30. The van der Waals surface area contributed by atoms with Gasteiger partial charge in [-0.15, -0.1) is 0 Å².